The third-order valence-corrected chi connectivity index (χ3v) is 1.95. The van der Waals surface area contributed by atoms with Crippen LogP contribution in [0.3, 0.4) is 0 Å². The van der Waals surface area contributed by atoms with Crippen LogP contribution in [0.25, 0.3) is 0 Å². The number of nitrogens with two attached hydrogens (primary N) is 1. The highest BCUT2D eigenvalue weighted by molar-refractivity contribution is 5.16. The van der Waals surface area contributed by atoms with Crippen molar-refractivity contribution in [1.29, 1.82) is 0 Å². The molecule has 1 rings (SSSR count). The molecule has 1 atom stereocenters. The molecule has 3 heteroatoms. The number of ether oxygens (including phenoxy) is 2. The standard InChI is InChI=1S/C10H17NO2/c1-12-9-4-2-5-10(8-9)13-7-3-6-11/h2,4-5,9H,3,6-8,11H2,1H3. The highest BCUT2D eigenvalue weighted by atomic mass is 16.5. The summed E-state index contributed by atoms with van der Waals surface area (Å²) in [5.41, 5.74) is 5.36. The molecule has 0 heterocycles. The van der Waals surface area contributed by atoms with E-state index in [1.807, 2.05) is 18.2 Å². The molecule has 3 nitrogen and oxygen atoms in total. The van der Waals surface area contributed by atoms with Crippen molar-refractivity contribution in [2.45, 2.75) is 18.9 Å². The van der Waals surface area contributed by atoms with E-state index in [9.17, 15) is 0 Å². The van der Waals surface area contributed by atoms with Gasteiger partial charge in [-0.1, -0.05) is 12.2 Å². The predicted molar refractivity (Wildman–Crippen MR) is 52.3 cm³/mol. The monoisotopic (exact) mass is 183 g/mol. The van der Waals surface area contributed by atoms with Crippen LogP contribution in [-0.4, -0.2) is 26.4 Å². The lowest BCUT2D eigenvalue weighted by atomic mass is 10.1. The molecule has 0 amide bonds. The van der Waals surface area contributed by atoms with E-state index in [1.54, 1.807) is 7.11 Å². The molecule has 0 spiro atoms. The molecule has 0 fully saturated rings. The third kappa shape index (κ3) is 3.61. The Balaban J connectivity index is 2.26. The molecule has 0 saturated carbocycles. The summed E-state index contributed by atoms with van der Waals surface area (Å²) in [5, 5.41) is 0. The van der Waals surface area contributed by atoms with Crippen LogP contribution in [0.5, 0.6) is 0 Å². The lowest BCUT2D eigenvalue weighted by molar-refractivity contribution is 0.110. The van der Waals surface area contributed by atoms with Gasteiger partial charge in [0, 0.05) is 13.5 Å². The summed E-state index contributed by atoms with van der Waals surface area (Å²) >= 11 is 0. The molecular weight excluding hydrogens is 166 g/mol. The molecule has 13 heavy (non-hydrogen) atoms. The van der Waals surface area contributed by atoms with Gasteiger partial charge in [0.25, 0.3) is 0 Å². The Labute approximate surface area is 79.2 Å². The normalized spacial score (nSPS) is 21.4. The van der Waals surface area contributed by atoms with Gasteiger partial charge < -0.3 is 15.2 Å². The molecule has 0 bridgehead atoms. The topological polar surface area (TPSA) is 44.5 Å². The fraction of sp³-hybridized carbons (Fsp3) is 0.600. The summed E-state index contributed by atoms with van der Waals surface area (Å²) < 4.78 is 10.7. The van der Waals surface area contributed by atoms with E-state index in [0.717, 1.165) is 18.6 Å². The van der Waals surface area contributed by atoms with Gasteiger partial charge in [-0.05, 0) is 19.0 Å². The van der Waals surface area contributed by atoms with E-state index in [0.29, 0.717) is 13.2 Å². The van der Waals surface area contributed by atoms with E-state index in [4.69, 9.17) is 15.2 Å². The zero-order valence-electron chi connectivity index (χ0n) is 8.03. The summed E-state index contributed by atoms with van der Waals surface area (Å²) in [6, 6.07) is 0. The van der Waals surface area contributed by atoms with Crippen LogP contribution in [0.2, 0.25) is 0 Å². The van der Waals surface area contributed by atoms with Crippen LogP contribution in [-0.2, 0) is 9.47 Å². The van der Waals surface area contributed by atoms with Crippen LogP contribution in [0, 0.1) is 0 Å². The van der Waals surface area contributed by atoms with Gasteiger partial charge in [-0.3, -0.25) is 0 Å². The van der Waals surface area contributed by atoms with Crippen molar-refractivity contribution in [2.24, 2.45) is 5.73 Å². The summed E-state index contributed by atoms with van der Waals surface area (Å²) in [6.45, 7) is 1.38. The fourth-order valence-corrected chi connectivity index (χ4v) is 1.18. The molecular formula is C10H17NO2. The highest BCUT2D eigenvalue weighted by Gasteiger charge is 2.10. The van der Waals surface area contributed by atoms with Gasteiger partial charge in [0.2, 0.25) is 0 Å². The molecule has 74 valence electrons. The maximum absolute atomic E-state index is 5.51. The number of allylic oxidation sites excluding steroid dienone is 2. The zero-order valence-corrected chi connectivity index (χ0v) is 8.03. The number of hydrogen-bond donors (Lipinski definition) is 1. The van der Waals surface area contributed by atoms with E-state index in [-0.39, 0.29) is 6.10 Å². The Morgan fingerprint density at radius 1 is 1.62 bits per heavy atom. The van der Waals surface area contributed by atoms with Gasteiger partial charge >= 0.3 is 0 Å². The molecule has 0 aromatic carbocycles. The van der Waals surface area contributed by atoms with Crippen LogP contribution in [0.4, 0.5) is 0 Å². The number of rotatable bonds is 5. The average molecular weight is 183 g/mol. The Bertz CT molecular complexity index is 199. The SMILES string of the molecule is COC1C=CC=C(OCCCN)C1. The first kappa shape index (κ1) is 10.3. The first-order valence-electron chi connectivity index (χ1n) is 4.60. The van der Waals surface area contributed by atoms with Crippen molar-refractivity contribution in [2.75, 3.05) is 20.3 Å². The van der Waals surface area contributed by atoms with Crippen molar-refractivity contribution in [1.82, 2.24) is 0 Å². The molecule has 0 aromatic rings. The van der Waals surface area contributed by atoms with Gasteiger partial charge in [-0.15, -0.1) is 0 Å². The Morgan fingerprint density at radius 3 is 3.15 bits per heavy atom. The van der Waals surface area contributed by atoms with Crippen molar-refractivity contribution in [3.63, 3.8) is 0 Å². The van der Waals surface area contributed by atoms with E-state index >= 15 is 0 Å². The summed E-state index contributed by atoms with van der Waals surface area (Å²) in [6.07, 6.45) is 7.87. The maximum atomic E-state index is 5.51. The summed E-state index contributed by atoms with van der Waals surface area (Å²) in [4.78, 5) is 0. The van der Waals surface area contributed by atoms with Gasteiger partial charge in [0.05, 0.1) is 18.5 Å². The Hall–Kier alpha value is -0.800. The maximum Gasteiger partial charge on any atom is 0.0988 e. The van der Waals surface area contributed by atoms with E-state index in [1.165, 1.54) is 0 Å². The smallest absolute Gasteiger partial charge is 0.0988 e. The summed E-state index contributed by atoms with van der Waals surface area (Å²) in [5.74, 6) is 0.989. The minimum Gasteiger partial charge on any atom is -0.498 e. The predicted octanol–water partition coefficient (Wildman–Crippen LogP) is 1.21. The van der Waals surface area contributed by atoms with Crippen LogP contribution in [0.15, 0.2) is 24.0 Å². The third-order valence-electron chi connectivity index (χ3n) is 1.95. The van der Waals surface area contributed by atoms with Crippen LogP contribution in [0.1, 0.15) is 12.8 Å². The zero-order chi connectivity index (χ0) is 9.52. The van der Waals surface area contributed by atoms with Gasteiger partial charge in [0.15, 0.2) is 0 Å². The van der Waals surface area contributed by atoms with Crippen molar-refractivity contribution < 1.29 is 9.47 Å². The molecule has 0 aromatic heterocycles. The molecule has 1 aliphatic carbocycles. The van der Waals surface area contributed by atoms with Crippen molar-refractivity contribution >= 4 is 0 Å². The molecule has 2 N–H and O–H groups in total. The van der Waals surface area contributed by atoms with Gasteiger partial charge in [0.1, 0.15) is 0 Å². The van der Waals surface area contributed by atoms with E-state index < -0.39 is 0 Å². The number of methoxy groups -OCH3 is 1. The van der Waals surface area contributed by atoms with E-state index in [2.05, 4.69) is 0 Å². The molecule has 0 aliphatic heterocycles. The lowest BCUT2D eigenvalue weighted by Crippen LogP contribution is -2.13. The first-order valence-corrected chi connectivity index (χ1v) is 4.60. The molecule has 1 aliphatic rings. The summed E-state index contributed by atoms with van der Waals surface area (Å²) in [7, 11) is 1.71. The van der Waals surface area contributed by atoms with Crippen LogP contribution >= 0.6 is 0 Å². The van der Waals surface area contributed by atoms with Gasteiger partial charge in [-0.25, -0.2) is 0 Å². The van der Waals surface area contributed by atoms with Crippen LogP contribution < -0.4 is 5.73 Å². The second-order valence-corrected chi connectivity index (χ2v) is 2.99. The van der Waals surface area contributed by atoms with Crippen molar-refractivity contribution in [3.8, 4) is 0 Å². The second kappa shape index (κ2) is 5.78. The second-order valence-electron chi connectivity index (χ2n) is 2.99. The quantitative estimate of drug-likeness (QED) is 0.651. The largest absolute Gasteiger partial charge is 0.498 e. The lowest BCUT2D eigenvalue weighted by Gasteiger charge is -2.17. The van der Waals surface area contributed by atoms with Gasteiger partial charge in [-0.2, -0.15) is 0 Å². The average Bonchev–Trinajstić information content (AvgIpc) is 2.19. The number of hydrogen-bond acceptors (Lipinski definition) is 3. The Morgan fingerprint density at radius 2 is 2.46 bits per heavy atom. The first-order chi connectivity index (χ1) is 6.36. The van der Waals surface area contributed by atoms with Crippen molar-refractivity contribution in [3.05, 3.63) is 24.0 Å². The minimum atomic E-state index is 0.165. The molecule has 1 unspecified atom stereocenters. The fourth-order valence-electron chi connectivity index (χ4n) is 1.18. The molecule has 0 saturated heterocycles. The highest BCUT2D eigenvalue weighted by Crippen LogP contribution is 2.15. The minimum absolute atomic E-state index is 0.165. The Kier molecular flexibility index (Phi) is 4.57. The molecule has 0 radical (unpaired) electrons.